The summed E-state index contributed by atoms with van der Waals surface area (Å²) in [5.41, 5.74) is 0.832. The summed E-state index contributed by atoms with van der Waals surface area (Å²) in [6.07, 6.45) is 5.22. The van der Waals surface area contributed by atoms with Crippen molar-refractivity contribution in [2.75, 3.05) is 13.2 Å². The van der Waals surface area contributed by atoms with Crippen molar-refractivity contribution in [1.82, 2.24) is 5.32 Å². The quantitative estimate of drug-likeness (QED) is 0.747. The Labute approximate surface area is 154 Å². The molecule has 138 valence electrons. The van der Waals surface area contributed by atoms with Crippen molar-refractivity contribution in [3.63, 3.8) is 0 Å². The molecule has 0 heterocycles. The lowest BCUT2D eigenvalue weighted by molar-refractivity contribution is -0.156. The Morgan fingerprint density at radius 3 is 2.68 bits per heavy atom. The van der Waals surface area contributed by atoms with Crippen LogP contribution >= 0.6 is 11.6 Å². The fraction of sp³-hybridized carbons (Fsp3) is 0.579. The monoisotopic (exact) mass is 367 g/mol. The van der Waals surface area contributed by atoms with Crippen LogP contribution in [0.5, 0.6) is 5.75 Å². The van der Waals surface area contributed by atoms with Crippen LogP contribution in [0, 0.1) is 12.8 Å². The van der Waals surface area contributed by atoms with E-state index in [1.165, 1.54) is 19.3 Å². The highest BCUT2D eigenvalue weighted by molar-refractivity contribution is 6.30. The van der Waals surface area contributed by atoms with Crippen LogP contribution < -0.4 is 10.1 Å². The lowest BCUT2D eigenvalue weighted by Crippen LogP contribution is -2.39. The Hall–Kier alpha value is -1.75. The van der Waals surface area contributed by atoms with Gasteiger partial charge in [-0.05, 0) is 56.4 Å². The topological polar surface area (TPSA) is 64.6 Å². The second-order valence-electron chi connectivity index (χ2n) is 6.58. The molecule has 1 fully saturated rings. The number of esters is 1. The minimum Gasteiger partial charge on any atom is -0.482 e. The summed E-state index contributed by atoms with van der Waals surface area (Å²) in [4.78, 5) is 23.9. The Morgan fingerprint density at radius 2 is 2.00 bits per heavy atom. The first kappa shape index (κ1) is 19.6. The minimum atomic E-state index is -0.828. The number of carbonyl (C=O) groups is 2. The molecule has 6 heteroatoms. The Kier molecular flexibility index (Phi) is 7.56. The third-order valence-electron chi connectivity index (χ3n) is 4.45. The highest BCUT2D eigenvalue weighted by Gasteiger charge is 2.20. The summed E-state index contributed by atoms with van der Waals surface area (Å²) in [7, 11) is 0. The summed E-state index contributed by atoms with van der Waals surface area (Å²) in [5.74, 6) is 0.267. The van der Waals surface area contributed by atoms with Crippen LogP contribution in [0.4, 0.5) is 0 Å². The first-order valence-corrected chi connectivity index (χ1v) is 9.19. The van der Waals surface area contributed by atoms with Gasteiger partial charge in [-0.25, -0.2) is 4.79 Å². The zero-order valence-electron chi connectivity index (χ0n) is 14.8. The summed E-state index contributed by atoms with van der Waals surface area (Å²) < 4.78 is 10.6. The molecule has 1 aliphatic rings. The lowest BCUT2D eigenvalue weighted by atomic mass is 9.89. The van der Waals surface area contributed by atoms with E-state index in [4.69, 9.17) is 21.1 Å². The first-order valence-electron chi connectivity index (χ1n) is 8.82. The van der Waals surface area contributed by atoms with Crippen molar-refractivity contribution in [2.45, 2.75) is 52.1 Å². The van der Waals surface area contributed by atoms with E-state index in [9.17, 15) is 9.59 Å². The summed E-state index contributed by atoms with van der Waals surface area (Å²) in [5, 5.41) is 3.48. The number of aryl methyl sites for hydroxylation is 1. The minimum absolute atomic E-state index is 0.247. The number of hydrogen-bond acceptors (Lipinski definition) is 4. The molecule has 0 aromatic heterocycles. The van der Waals surface area contributed by atoms with Gasteiger partial charge >= 0.3 is 5.97 Å². The van der Waals surface area contributed by atoms with E-state index in [1.807, 2.05) is 6.92 Å². The van der Waals surface area contributed by atoms with Crippen LogP contribution in [-0.2, 0) is 14.3 Å². The number of hydrogen-bond donors (Lipinski definition) is 1. The van der Waals surface area contributed by atoms with E-state index >= 15 is 0 Å². The molecule has 0 spiro atoms. The molecule has 0 aliphatic heterocycles. The average Bonchev–Trinajstić information content (AvgIpc) is 2.59. The smallest absolute Gasteiger partial charge is 0.344 e. The van der Waals surface area contributed by atoms with Crippen LogP contribution in [-0.4, -0.2) is 31.1 Å². The van der Waals surface area contributed by atoms with Gasteiger partial charge in [0.2, 0.25) is 0 Å². The van der Waals surface area contributed by atoms with Crippen molar-refractivity contribution >= 4 is 23.5 Å². The highest BCUT2D eigenvalue weighted by atomic mass is 35.5. The van der Waals surface area contributed by atoms with E-state index in [0.29, 0.717) is 23.2 Å². The first-order chi connectivity index (χ1) is 12.0. The molecule has 1 N–H and O–H groups in total. The number of rotatable bonds is 7. The highest BCUT2D eigenvalue weighted by Crippen LogP contribution is 2.23. The van der Waals surface area contributed by atoms with Gasteiger partial charge in [0.05, 0.1) is 0 Å². The van der Waals surface area contributed by atoms with Gasteiger partial charge in [0.15, 0.2) is 12.7 Å². The van der Waals surface area contributed by atoms with Crippen molar-refractivity contribution in [3.05, 3.63) is 28.8 Å². The predicted octanol–water partition coefficient (Wildman–Crippen LogP) is 3.66. The number of amides is 1. The maximum absolute atomic E-state index is 12.0. The fourth-order valence-electron chi connectivity index (χ4n) is 2.98. The molecule has 1 amide bonds. The van der Waals surface area contributed by atoms with Gasteiger partial charge in [-0.1, -0.05) is 30.9 Å². The number of halogens is 1. The van der Waals surface area contributed by atoms with Crippen molar-refractivity contribution in [3.8, 4) is 5.75 Å². The van der Waals surface area contributed by atoms with Crippen molar-refractivity contribution < 1.29 is 19.1 Å². The van der Waals surface area contributed by atoms with Crippen LogP contribution in [0.2, 0.25) is 5.02 Å². The molecular formula is C19H26ClNO4. The average molecular weight is 368 g/mol. The third kappa shape index (κ3) is 6.58. The van der Waals surface area contributed by atoms with Gasteiger partial charge in [0, 0.05) is 11.6 Å². The molecule has 1 saturated carbocycles. The van der Waals surface area contributed by atoms with Gasteiger partial charge < -0.3 is 14.8 Å². The normalized spacial score (nSPS) is 16.1. The molecule has 5 nitrogen and oxygen atoms in total. The van der Waals surface area contributed by atoms with Gasteiger partial charge in [-0.3, -0.25) is 4.79 Å². The molecule has 1 atom stereocenters. The molecule has 1 aromatic carbocycles. The molecule has 1 aromatic rings. The standard InChI is InChI=1S/C19H26ClNO4/c1-13-10-16(20)8-9-17(13)24-12-18(22)25-14(2)19(23)21-11-15-6-4-3-5-7-15/h8-10,14-15H,3-7,11-12H2,1-2H3,(H,21,23)/t14-/m1/s1. The summed E-state index contributed by atoms with van der Waals surface area (Å²) >= 11 is 5.88. The van der Waals surface area contributed by atoms with E-state index < -0.39 is 12.1 Å². The van der Waals surface area contributed by atoms with Crippen molar-refractivity contribution in [1.29, 1.82) is 0 Å². The molecule has 25 heavy (non-hydrogen) atoms. The number of carbonyl (C=O) groups excluding carboxylic acids is 2. The largest absolute Gasteiger partial charge is 0.482 e. The fourth-order valence-corrected chi connectivity index (χ4v) is 3.20. The molecule has 1 aliphatic carbocycles. The van der Waals surface area contributed by atoms with Crippen LogP contribution in [0.1, 0.15) is 44.6 Å². The molecule has 0 saturated heterocycles. The van der Waals surface area contributed by atoms with Gasteiger partial charge in [-0.15, -0.1) is 0 Å². The molecule has 0 bridgehead atoms. The lowest BCUT2D eigenvalue weighted by Gasteiger charge is -2.22. The zero-order chi connectivity index (χ0) is 18.2. The number of benzene rings is 1. The van der Waals surface area contributed by atoms with Crippen LogP contribution in [0.3, 0.4) is 0 Å². The number of ether oxygens (including phenoxy) is 2. The van der Waals surface area contributed by atoms with E-state index in [1.54, 1.807) is 25.1 Å². The second kappa shape index (κ2) is 9.66. The molecule has 2 rings (SSSR count). The van der Waals surface area contributed by atoms with Gasteiger partial charge in [0.25, 0.3) is 5.91 Å². The van der Waals surface area contributed by atoms with E-state index in [-0.39, 0.29) is 12.5 Å². The van der Waals surface area contributed by atoms with Crippen LogP contribution in [0.15, 0.2) is 18.2 Å². The molecule has 0 unspecified atom stereocenters. The Balaban J connectivity index is 1.70. The summed E-state index contributed by atoms with van der Waals surface area (Å²) in [6, 6.07) is 5.14. The van der Waals surface area contributed by atoms with Crippen molar-refractivity contribution in [2.24, 2.45) is 5.92 Å². The van der Waals surface area contributed by atoms with E-state index in [2.05, 4.69) is 5.32 Å². The third-order valence-corrected chi connectivity index (χ3v) is 4.68. The maximum atomic E-state index is 12.0. The van der Waals surface area contributed by atoms with Gasteiger partial charge in [0.1, 0.15) is 5.75 Å². The zero-order valence-corrected chi connectivity index (χ0v) is 15.6. The number of nitrogens with one attached hydrogen (secondary N) is 1. The summed E-state index contributed by atoms with van der Waals surface area (Å²) in [6.45, 7) is 3.82. The SMILES string of the molecule is Cc1cc(Cl)ccc1OCC(=O)O[C@H](C)C(=O)NCC1CCCCC1. The molecular weight excluding hydrogens is 342 g/mol. The molecule has 0 radical (unpaired) electrons. The van der Waals surface area contributed by atoms with Gasteiger partial charge in [-0.2, -0.15) is 0 Å². The second-order valence-corrected chi connectivity index (χ2v) is 7.02. The maximum Gasteiger partial charge on any atom is 0.344 e. The Morgan fingerprint density at radius 1 is 1.28 bits per heavy atom. The van der Waals surface area contributed by atoms with E-state index in [0.717, 1.165) is 18.4 Å². The predicted molar refractivity (Wildman–Crippen MR) is 96.8 cm³/mol. The van der Waals surface area contributed by atoms with Crippen LogP contribution in [0.25, 0.3) is 0 Å². The Bertz CT molecular complexity index is 599.